The fourth-order valence-corrected chi connectivity index (χ4v) is 13.6. The summed E-state index contributed by atoms with van der Waals surface area (Å²) in [6, 6.07) is 58.2. The van der Waals surface area contributed by atoms with E-state index in [-0.39, 0.29) is 33.8 Å². The molecule has 0 unspecified atom stereocenters. The molecule has 4 heteroatoms. The molecule has 9 aromatic rings. The topological polar surface area (TPSA) is 19.6 Å². The number of anilines is 6. The zero-order valence-corrected chi connectivity index (χ0v) is 43.7. The second-order valence-electron chi connectivity index (χ2n) is 24.9. The molecule has 0 radical (unpaired) electrons. The van der Waals surface area contributed by atoms with Gasteiger partial charge in [0.25, 0.3) is 6.71 Å². The van der Waals surface area contributed by atoms with Gasteiger partial charge in [-0.3, -0.25) is 0 Å². The maximum atomic E-state index is 6.89. The molecular formula is C67H65BN2O. The zero-order valence-electron chi connectivity index (χ0n) is 43.7. The van der Waals surface area contributed by atoms with Crippen molar-refractivity contribution in [3.63, 3.8) is 0 Å². The van der Waals surface area contributed by atoms with Crippen molar-refractivity contribution in [2.24, 2.45) is 0 Å². The van der Waals surface area contributed by atoms with Crippen molar-refractivity contribution >= 4 is 79.2 Å². The minimum Gasteiger partial charge on any atom is -0.456 e. The number of aryl methyl sites for hydroxylation is 1. The largest absolute Gasteiger partial charge is 0.456 e. The van der Waals surface area contributed by atoms with Gasteiger partial charge < -0.3 is 14.2 Å². The van der Waals surface area contributed by atoms with Gasteiger partial charge in [-0.2, -0.15) is 0 Å². The van der Waals surface area contributed by atoms with Crippen LogP contribution in [0.25, 0.3) is 33.1 Å². The number of benzene rings is 8. The van der Waals surface area contributed by atoms with E-state index in [2.05, 4.69) is 245 Å². The van der Waals surface area contributed by atoms with E-state index in [1.165, 1.54) is 107 Å². The molecule has 4 aliphatic rings. The van der Waals surface area contributed by atoms with E-state index in [9.17, 15) is 0 Å². The van der Waals surface area contributed by atoms with Gasteiger partial charge in [0.2, 0.25) is 0 Å². The maximum absolute atomic E-state index is 6.89. The molecule has 0 amide bonds. The second-order valence-corrected chi connectivity index (χ2v) is 24.9. The zero-order chi connectivity index (χ0) is 49.3. The quantitative estimate of drug-likeness (QED) is 0.165. The van der Waals surface area contributed by atoms with E-state index in [1.54, 1.807) is 0 Å². The average molecular weight is 925 g/mol. The van der Waals surface area contributed by atoms with Gasteiger partial charge in [0, 0.05) is 55.6 Å². The average Bonchev–Trinajstić information content (AvgIpc) is 3.71. The molecule has 0 bridgehead atoms. The number of hydrogen-bond donors (Lipinski definition) is 0. The van der Waals surface area contributed by atoms with Crippen LogP contribution in [0, 0.1) is 6.92 Å². The number of furan rings is 1. The Kier molecular flexibility index (Phi) is 9.12. The summed E-state index contributed by atoms with van der Waals surface area (Å²) < 4.78 is 6.89. The molecule has 2 aliphatic heterocycles. The summed E-state index contributed by atoms with van der Waals surface area (Å²) in [4.78, 5) is 5.35. The van der Waals surface area contributed by atoms with Crippen molar-refractivity contribution in [2.75, 3.05) is 9.80 Å². The first-order chi connectivity index (χ1) is 33.8. The summed E-state index contributed by atoms with van der Waals surface area (Å²) in [6.45, 7) is 29.1. The number of fused-ring (bicyclic) bond motifs is 10. The Morgan fingerprint density at radius 1 is 0.451 bits per heavy atom. The van der Waals surface area contributed by atoms with Crippen LogP contribution in [0.1, 0.15) is 134 Å². The normalized spacial score (nSPS) is 17.5. The van der Waals surface area contributed by atoms with Crippen LogP contribution in [0.2, 0.25) is 0 Å². The van der Waals surface area contributed by atoms with Crippen LogP contribution in [0.3, 0.4) is 0 Å². The van der Waals surface area contributed by atoms with Crippen molar-refractivity contribution in [2.45, 2.75) is 123 Å². The Hall–Kier alpha value is -6.78. The van der Waals surface area contributed by atoms with Crippen LogP contribution in [-0.2, 0) is 27.1 Å². The molecule has 3 nitrogen and oxygen atoms in total. The smallest absolute Gasteiger partial charge is 0.252 e. The summed E-state index contributed by atoms with van der Waals surface area (Å²) in [5.74, 6) is 0. The first-order valence-electron chi connectivity index (χ1n) is 26.1. The van der Waals surface area contributed by atoms with E-state index in [0.29, 0.717) is 0 Å². The van der Waals surface area contributed by atoms with Gasteiger partial charge in [0.15, 0.2) is 0 Å². The lowest BCUT2D eigenvalue weighted by Gasteiger charge is -2.49. The summed E-state index contributed by atoms with van der Waals surface area (Å²) in [5, 5.41) is 2.27. The third kappa shape index (κ3) is 6.22. The van der Waals surface area contributed by atoms with Crippen LogP contribution >= 0.6 is 0 Å². The van der Waals surface area contributed by atoms with Crippen molar-refractivity contribution in [3.8, 4) is 11.1 Å². The Balaban J connectivity index is 1.21. The van der Waals surface area contributed by atoms with Crippen molar-refractivity contribution < 1.29 is 4.42 Å². The highest BCUT2D eigenvalue weighted by molar-refractivity contribution is 7.00. The molecule has 1 aromatic heterocycles. The molecule has 0 saturated heterocycles. The Bertz CT molecular complexity index is 3730. The van der Waals surface area contributed by atoms with Crippen molar-refractivity contribution in [1.29, 1.82) is 0 Å². The van der Waals surface area contributed by atoms with Gasteiger partial charge >= 0.3 is 0 Å². The third-order valence-electron chi connectivity index (χ3n) is 17.8. The number of para-hydroxylation sites is 2. The summed E-state index contributed by atoms with van der Waals surface area (Å²) in [7, 11) is 0. The van der Waals surface area contributed by atoms with Crippen LogP contribution in [0.5, 0.6) is 0 Å². The minimum atomic E-state index is -0.237. The predicted octanol–water partition coefficient (Wildman–Crippen LogP) is 16.3. The maximum Gasteiger partial charge on any atom is 0.252 e. The molecule has 71 heavy (non-hydrogen) atoms. The van der Waals surface area contributed by atoms with E-state index < -0.39 is 0 Å². The van der Waals surface area contributed by atoms with E-state index >= 15 is 0 Å². The number of nitrogens with zero attached hydrogens (tertiary/aromatic N) is 2. The van der Waals surface area contributed by atoms with E-state index in [0.717, 1.165) is 34.0 Å². The Morgan fingerprint density at radius 2 is 0.986 bits per heavy atom. The van der Waals surface area contributed by atoms with Gasteiger partial charge in [-0.25, -0.2) is 0 Å². The first kappa shape index (κ1) is 44.2. The number of rotatable bonds is 3. The fraction of sp³-hybridized carbons (Fsp3) is 0.284. The van der Waals surface area contributed by atoms with Gasteiger partial charge in [0.05, 0.1) is 5.69 Å². The third-order valence-corrected chi connectivity index (χ3v) is 17.8. The fourth-order valence-electron chi connectivity index (χ4n) is 13.6. The molecule has 0 spiro atoms. The van der Waals surface area contributed by atoms with Crippen LogP contribution < -0.4 is 26.2 Å². The molecular weight excluding hydrogens is 860 g/mol. The van der Waals surface area contributed by atoms with Crippen LogP contribution in [0.15, 0.2) is 156 Å². The predicted molar refractivity (Wildman–Crippen MR) is 303 cm³/mol. The molecule has 0 fully saturated rings. The summed E-state index contributed by atoms with van der Waals surface area (Å²) in [6.07, 6.45) is 2.33. The molecule has 8 aromatic carbocycles. The molecule has 3 heterocycles. The van der Waals surface area contributed by atoms with Crippen molar-refractivity contribution in [3.05, 3.63) is 196 Å². The number of hydrogen-bond acceptors (Lipinski definition) is 3. The van der Waals surface area contributed by atoms with Crippen molar-refractivity contribution in [1.82, 2.24) is 0 Å². The highest BCUT2D eigenvalue weighted by Crippen LogP contribution is 2.55. The lowest BCUT2D eigenvalue weighted by atomic mass is 9.33. The monoisotopic (exact) mass is 925 g/mol. The Labute approximate surface area is 421 Å². The van der Waals surface area contributed by atoms with Gasteiger partial charge in [-0.05, 0) is 151 Å². The van der Waals surface area contributed by atoms with Crippen LogP contribution in [0.4, 0.5) is 34.1 Å². The molecule has 0 saturated carbocycles. The highest BCUT2D eigenvalue weighted by Gasteiger charge is 2.49. The molecule has 352 valence electrons. The molecule has 13 rings (SSSR count). The van der Waals surface area contributed by atoms with E-state index in [4.69, 9.17) is 4.42 Å². The Morgan fingerprint density at radius 3 is 1.66 bits per heavy atom. The summed E-state index contributed by atoms with van der Waals surface area (Å²) in [5.41, 5.74) is 26.2. The van der Waals surface area contributed by atoms with Gasteiger partial charge in [-0.1, -0.05) is 179 Å². The second kappa shape index (κ2) is 14.7. The van der Waals surface area contributed by atoms with E-state index in [1.807, 2.05) is 0 Å². The first-order valence-corrected chi connectivity index (χ1v) is 26.1. The molecule has 2 aliphatic carbocycles. The standard InChI is InChI=1S/C67H65BN2O/c1-40-32-48-49(65(7,8)31-30-64(48,5)6)37-55(40)70-57-38-51-50(66(9,10)46-26-18-19-27-47(46)67(51,11)12)36-52(57)68-53-39-61-45(44-25-17-21-29-60(44)71-61)35-56(53)69(58-33-42(63(2,3)4)34-59(70)62(58)68)54-28-20-16-24-43(54)41-22-14-13-15-23-41/h13-29,32-39H,30-31H2,1-12H3. The lowest BCUT2D eigenvalue weighted by Crippen LogP contribution is -2.62. The molecule has 0 N–H and O–H groups in total. The van der Waals surface area contributed by atoms with Gasteiger partial charge in [0.1, 0.15) is 11.2 Å². The SMILES string of the molecule is Cc1cc2c(cc1N1c3cc4c(cc3B3c5cc6oc7ccccc7c6cc5N(c5ccccc5-c5ccccc5)c5cc(C(C)(C)C)cc1c53)C(C)(C)c1ccccc1C4(C)C)C(C)(C)CCC2(C)C. The highest BCUT2D eigenvalue weighted by atomic mass is 16.3. The van der Waals surface area contributed by atoms with Crippen LogP contribution in [-0.4, -0.2) is 6.71 Å². The minimum absolute atomic E-state index is 0.0293. The molecule has 0 atom stereocenters. The summed E-state index contributed by atoms with van der Waals surface area (Å²) >= 11 is 0. The lowest BCUT2D eigenvalue weighted by molar-refractivity contribution is 0.332. The van der Waals surface area contributed by atoms with Gasteiger partial charge in [-0.15, -0.1) is 0 Å².